The van der Waals surface area contributed by atoms with E-state index in [9.17, 15) is 29.8 Å². The average Bonchev–Trinajstić information content (AvgIpc) is 2.29. The smallest absolute Gasteiger partial charge is 0.355 e. The highest BCUT2D eigenvalue weighted by molar-refractivity contribution is 5.97. The van der Waals surface area contributed by atoms with Crippen molar-refractivity contribution in [3.05, 3.63) is 42.3 Å². The van der Waals surface area contributed by atoms with E-state index in [0.717, 1.165) is 20.4 Å². The highest BCUT2D eigenvalue weighted by Crippen LogP contribution is 2.25. The molecule has 0 atom stereocenters. The molecule has 0 saturated heterocycles. The zero-order valence-corrected chi connectivity index (χ0v) is 9.28. The molecule has 0 aliphatic heterocycles. The van der Waals surface area contributed by atoms with Crippen LogP contribution in [0.1, 0.15) is 10.4 Å². The quantitative estimate of drug-likeness (QED) is 0.422. The normalized spacial score (nSPS) is 9.89. The third kappa shape index (κ3) is 2.03. The summed E-state index contributed by atoms with van der Waals surface area (Å²) in [5.41, 5.74) is -4.14. The van der Waals surface area contributed by atoms with Gasteiger partial charge in [-0.05, 0) is 0 Å². The number of aromatic nitrogens is 1. The van der Waals surface area contributed by atoms with Gasteiger partial charge in [-0.15, -0.1) is 0 Å². The molecule has 0 aliphatic carbocycles. The predicted molar refractivity (Wildman–Crippen MR) is 56.3 cm³/mol. The van der Waals surface area contributed by atoms with Gasteiger partial charge >= 0.3 is 22.9 Å². The summed E-state index contributed by atoms with van der Waals surface area (Å²) in [4.78, 5) is 42.2. The second-order valence-electron chi connectivity index (χ2n) is 3.16. The van der Waals surface area contributed by atoms with E-state index in [4.69, 9.17) is 0 Å². The third-order valence-electron chi connectivity index (χ3n) is 2.10. The van der Waals surface area contributed by atoms with Gasteiger partial charge in [0.15, 0.2) is 0 Å². The number of nitrogens with zero attached hydrogens (tertiary/aromatic N) is 3. The molecular weight excluding hydrogens is 250 g/mol. The summed E-state index contributed by atoms with van der Waals surface area (Å²) in [6.07, 6.45) is 0.724. The number of carbonyl (C=O) groups is 1. The molecule has 0 aromatic carbocycles. The fraction of sp³-hybridized carbons (Fsp3) is 0.250. The molecule has 1 aromatic heterocycles. The van der Waals surface area contributed by atoms with Crippen LogP contribution in [-0.2, 0) is 11.8 Å². The molecule has 0 spiro atoms. The molecule has 0 aliphatic rings. The molecule has 96 valence electrons. The Morgan fingerprint density at radius 1 is 1.33 bits per heavy atom. The SMILES string of the molecule is COC(=O)c1c([N+](=O)[O-])cn(C)c(=O)c1[N+](=O)[O-]. The molecular formula is C8H7N3O7. The lowest BCUT2D eigenvalue weighted by Crippen LogP contribution is -2.24. The largest absolute Gasteiger partial charge is 0.465 e. The van der Waals surface area contributed by atoms with Crippen LogP contribution in [0.15, 0.2) is 11.0 Å². The average molecular weight is 257 g/mol. The van der Waals surface area contributed by atoms with E-state index in [1.54, 1.807) is 0 Å². The Labute approximate surface area is 98.7 Å². The number of carbonyl (C=O) groups excluding carboxylic acids is 1. The lowest BCUT2D eigenvalue weighted by molar-refractivity contribution is -0.396. The van der Waals surface area contributed by atoms with E-state index >= 15 is 0 Å². The van der Waals surface area contributed by atoms with E-state index in [2.05, 4.69) is 4.74 Å². The van der Waals surface area contributed by atoms with Crippen molar-refractivity contribution >= 4 is 17.3 Å². The fourth-order valence-electron chi connectivity index (χ4n) is 1.31. The molecule has 10 nitrogen and oxygen atoms in total. The minimum Gasteiger partial charge on any atom is -0.465 e. The maximum absolute atomic E-state index is 11.5. The van der Waals surface area contributed by atoms with Crippen LogP contribution >= 0.6 is 0 Å². The molecule has 18 heavy (non-hydrogen) atoms. The van der Waals surface area contributed by atoms with Crippen LogP contribution in [0, 0.1) is 20.2 Å². The molecule has 0 radical (unpaired) electrons. The highest BCUT2D eigenvalue weighted by Gasteiger charge is 2.35. The molecule has 0 bridgehead atoms. The number of ether oxygens (including phenoxy) is 1. The van der Waals surface area contributed by atoms with Crippen LogP contribution in [0.4, 0.5) is 11.4 Å². The molecule has 1 aromatic rings. The zero-order chi connectivity index (χ0) is 14.0. The van der Waals surface area contributed by atoms with Crippen LogP contribution < -0.4 is 5.56 Å². The zero-order valence-electron chi connectivity index (χ0n) is 9.28. The summed E-state index contributed by atoms with van der Waals surface area (Å²) < 4.78 is 4.87. The number of rotatable bonds is 3. The van der Waals surface area contributed by atoms with Crippen molar-refractivity contribution in [2.45, 2.75) is 0 Å². The maximum Gasteiger partial charge on any atom is 0.355 e. The summed E-state index contributed by atoms with van der Waals surface area (Å²) in [6.45, 7) is 0. The second kappa shape index (κ2) is 4.61. The van der Waals surface area contributed by atoms with E-state index < -0.39 is 38.3 Å². The van der Waals surface area contributed by atoms with Gasteiger partial charge in [-0.1, -0.05) is 0 Å². The van der Waals surface area contributed by atoms with Crippen molar-refractivity contribution in [1.82, 2.24) is 4.57 Å². The number of pyridine rings is 1. The minimum atomic E-state index is -1.31. The third-order valence-corrected chi connectivity index (χ3v) is 2.10. The number of aryl methyl sites for hydroxylation is 1. The number of nitro groups is 2. The van der Waals surface area contributed by atoms with Crippen molar-refractivity contribution < 1.29 is 19.4 Å². The number of hydrogen-bond acceptors (Lipinski definition) is 7. The standard InChI is InChI=1S/C8H7N3O7/c1-9-3-4(10(14)15)5(8(13)18-2)6(7(9)12)11(16)17/h3H,1-2H3. The summed E-state index contributed by atoms with van der Waals surface area (Å²) in [5.74, 6) is -1.31. The van der Waals surface area contributed by atoms with E-state index in [1.165, 1.54) is 0 Å². The Morgan fingerprint density at radius 2 is 1.89 bits per heavy atom. The van der Waals surface area contributed by atoms with Crippen LogP contribution in [-0.4, -0.2) is 27.5 Å². The summed E-state index contributed by atoms with van der Waals surface area (Å²) in [6, 6.07) is 0. The first-order valence-electron chi connectivity index (χ1n) is 4.42. The molecule has 0 N–H and O–H groups in total. The Morgan fingerprint density at radius 3 is 2.28 bits per heavy atom. The van der Waals surface area contributed by atoms with Gasteiger partial charge in [0.1, 0.15) is 0 Å². The Bertz CT molecular complexity index is 603. The lowest BCUT2D eigenvalue weighted by atomic mass is 10.2. The first-order valence-corrected chi connectivity index (χ1v) is 4.42. The van der Waals surface area contributed by atoms with Gasteiger partial charge in [0.2, 0.25) is 5.56 Å². The second-order valence-corrected chi connectivity index (χ2v) is 3.16. The monoisotopic (exact) mass is 257 g/mol. The molecule has 1 rings (SSSR count). The van der Waals surface area contributed by atoms with Gasteiger partial charge in [-0.2, -0.15) is 0 Å². The van der Waals surface area contributed by atoms with Gasteiger partial charge in [-0.3, -0.25) is 25.0 Å². The predicted octanol–water partition coefficient (Wildman–Crippen LogP) is -0.0117. The first-order chi connectivity index (χ1) is 8.31. The van der Waals surface area contributed by atoms with Gasteiger partial charge in [0.25, 0.3) is 0 Å². The van der Waals surface area contributed by atoms with Crippen molar-refractivity contribution in [2.24, 2.45) is 7.05 Å². The Kier molecular flexibility index (Phi) is 3.40. The maximum atomic E-state index is 11.5. The van der Waals surface area contributed by atoms with Crippen molar-refractivity contribution in [3.63, 3.8) is 0 Å². The molecule has 0 unspecified atom stereocenters. The number of esters is 1. The summed E-state index contributed by atoms with van der Waals surface area (Å²) in [7, 11) is 2.00. The molecule has 10 heteroatoms. The molecule has 0 fully saturated rings. The summed E-state index contributed by atoms with van der Waals surface area (Å²) >= 11 is 0. The Balaban J connectivity index is 3.87. The number of methoxy groups -OCH3 is 1. The van der Waals surface area contributed by atoms with E-state index in [0.29, 0.717) is 4.57 Å². The van der Waals surface area contributed by atoms with Gasteiger partial charge in [0.05, 0.1) is 23.2 Å². The summed E-state index contributed by atoms with van der Waals surface area (Å²) in [5, 5.41) is 21.5. The minimum absolute atomic E-state index is 0.655. The lowest BCUT2D eigenvalue weighted by Gasteiger charge is -2.04. The molecule has 0 saturated carbocycles. The Hall–Kier alpha value is -2.78. The van der Waals surface area contributed by atoms with E-state index in [-0.39, 0.29) is 0 Å². The topological polar surface area (TPSA) is 135 Å². The first kappa shape index (κ1) is 13.3. The van der Waals surface area contributed by atoms with Crippen LogP contribution in [0.3, 0.4) is 0 Å². The highest BCUT2D eigenvalue weighted by atomic mass is 16.6. The van der Waals surface area contributed by atoms with Crippen LogP contribution in [0.25, 0.3) is 0 Å². The molecule has 1 heterocycles. The van der Waals surface area contributed by atoms with Gasteiger partial charge in [-0.25, -0.2) is 4.79 Å². The van der Waals surface area contributed by atoms with Gasteiger partial charge in [0, 0.05) is 7.05 Å². The van der Waals surface area contributed by atoms with Crippen molar-refractivity contribution in [2.75, 3.05) is 7.11 Å². The fourth-order valence-corrected chi connectivity index (χ4v) is 1.31. The van der Waals surface area contributed by atoms with Crippen LogP contribution in [0.2, 0.25) is 0 Å². The molecule has 0 amide bonds. The van der Waals surface area contributed by atoms with E-state index in [1.807, 2.05) is 0 Å². The number of hydrogen-bond donors (Lipinski definition) is 0. The van der Waals surface area contributed by atoms with Crippen LogP contribution in [0.5, 0.6) is 0 Å². The van der Waals surface area contributed by atoms with Crippen molar-refractivity contribution in [3.8, 4) is 0 Å². The van der Waals surface area contributed by atoms with Gasteiger partial charge < -0.3 is 9.30 Å². The van der Waals surface area contributed by atoms with Crippen molar-refractivity contribution in [1.29, 1.82) is 0 Å².